The van der Waals surface area contributed by atoms with Crippen molar-refractivity contribution in [2.24, 2.45) is 0 Å². The number of amides is 1. The lowest BCUT2D eigenvalue weighted by atomic mass is 10.0. The van der Waals surface area contributed by atoms with Crippen molar-refractivity contribution < 1.29 is 4.79 Å². The first-order valence-electron chi connectivity index (χ1n) is 8.90. The van der Waals surface area contributed by atoms with Crippen molar-refractivity contribution >= 4 is 23.2 Å². The highest BCUT2D eigenvalue weighted by molar-refractivity contribution is 6.08. The Balaban J connectivity index is 2.22. The minimum absolute atomic E-state index is 0.0679. The number of anilines is 3. The van der Waals surface area contributed by atoms with Crippen LogP contribution in [0.5, 0.6) is 0 Å². The molecule has 1 aliphatic rings. The highest BCUT2D eigenvalue weighted by Crippen LogP contribution is 2.41. The summed E-state index contributed by atoms with van der Waals surface area (Å²) in [4.78, 5) is 26.2. The lowest BCUT2D eigenvalue weighted by Crippen LogP contribution is -2.25. The number of benzene rings is 1. The maximum Gasteiger partial charge on any atom is 0.237 e. The molecule has 0 saturated carbocycles. The van der Waals surface area contributed by atoms with Gasteiger partial charge in [-0.3, -0.25) is 9.69 Å². The summed E-state index contributed by atoms with van der Waals surface area (Å²) < 4.78 is 0. The summed E-state index contributed by atoms with van der Waals surface area (Å²) in [5, 5.41) is 0. The van der Waals surface area contributed by atoms with Crippen LogP contribution in [0.15, 0.2) is 12.1 Å². The molecule has 1 amide bonds. The fourth-order valence-corrected chi connectivity index (χ4v) is 3.80. The highest BCUT2D eigenvalue weighted by atomic mass is 16.2. The maximum atomic E-state index is 12.9. The summed E-state index contributed by atoms with van der Waals surface area (Å²) in [7, 11) is 0. The Labute approximate surface area is 149 Å². The van der Waals surface area contributed by atoms with Gasteiger partial charge in [-0.25, -0.2) is 9.97 Å². The topological polar surface area (TPSA) is 49.3 Å². The number of carbonyl (C=O) groups excluding carboxylic acids is 1. The number of fused-ring (bicyclic) bond motifs is 1. The molecule has 1 aliphatic heterocycles. The number of nitrogens with zero attached hydrogens (tertiary/aromatic N) is 4. The van der Waals surface area contributed by atoms with Gasteiger partial charge in [0.05, 0.1) is 12.1 Å². The largest absolute Gasteiger partial charge is 0.357 e. The van der Waals surface area contributed by atoms with Crippen LogP contribution in [0.4, 0.5) is 17.3 Å². The fourth-order valence-electron chi connectivity index (χ4n) is 3.80. The van der Waals surface area contributed by atoms with Crippen molar-refractivity contribution in [3.63, 3.8) is 0 Å². The molecule has 0 unspecified atom stereocenters. The average Bonchev–Trinajstić information content (AvgIpc) is 2.84. The molecule has 0 spiro atoms. The molecule has 1 aromatic carbocycles. The van der Waals surface area contributed by atoms with E-state index in [1.54, 1.807) is 4.90 Å². The first-order valence-corrected chi connectivity index (χ1v) is 8.90. The predicted molar refractivity (Wildman–Crippen MR) is 102 cm³/mol. The Morgan fingerprint density at radius 2 is 1.64 bits per heavy atom. The second-order valence-corrected chi connectivity index (χ2v) is 6.72. The predicted octanol–water partition coefficient (Wildman–Crippen LogP) is 3.78. The van der Waals surface area contributed by atoms with Crippen LogP contribution in [0.25, 0.3) is 0 Å². The number of hydrogen-bond donors (Lipinski definition) is 0. The smallest absolute Gasteiger partial charge is 0.237 e. The first kappa shape index (κ1) is 17.4. The van der Waals surface area contributed by atoms with Crippen molar-refractivity contribution in [3.8, 4) is 0 Å². The monoisotopic (exact) mass is 338 g/mol. The molecule has 2 heterocycles. The van der Waals surface area contributed by atoms with Gasteiger partial charge in [0.1, 0.15) is 17.5 Å². The summed E-state index contributed by atoms with van der Waals surface area (Å²) in [5.41, 5.74) is 5.30. The Kier molecular flexibility index (Phi) is 4.50. The van der Waals surface area contributed by atoms with Gasteiger partial charge in [-0.05, 0) is 52.7 Å². The van der Waals surface area contributed by atoms with Crippen molar-refractivity contribution in [1.82, 2.24) is 9.97 Å². The first-order chi connectivity index (χ1) is 11.9. The quantitative estimate of drug-likeness (QED) is 0.851. The zero-order valence-corrected chi connectivity index (χ0v) is 16.0. The van der Waals surface area contributed by atoms with Crippen molar-refractivity contribution in [3.05, 3.63) is 40.2 Å². The second kappa shape index (κ2) is 6.47. The molecule has 3 rings (SSSR count). The van der Waals surface area contributed by atoms with Gasteiger partial charge in [-0.2, -0.15) is 0 Å². The van der Waals surface area contributed by atoms with E-state index in [-0.39, 0.29) is 5.91 Å². The zero-order valence-electron chi connectivity index (χ0n) is 16.0. The number of aryl methyl sites for hydroxylation is 4. The van der Waals surface area contributed by atoms with E-state index < -0.39 is 0 Å². The van der Waals surface area contributed by atoms with E-state index in [0.717, 1.165) is 47.1 Å². The van der Waals surface area contributed by atoms with E-state index in [1.807, 2.05) is 6.92 Å². The van der Waals surface area contributed by atoms with E-state index in [1.165, 1.54) is 5.56 Å². The average molecular weight is 338 g/mol. The minimum Gasteiger partial charge on any atom is -0.357 e. The van der Waals surface area contributed by atoms with Gasteiger partial charge >= 0.3 is 0 Å². The van der Waals surface area contributed by atoms with E-state index in [2.05, 4.69) is 61.6 Å². The normalized spacial score (nSPS) is 13.4. The lowest BCUT2D eigenvalue weighted by molar-refractivity contribution is -0.116. The third kappa shape index (κ3) is 2.88. The molecule has 1 aromatic heterocycles. The van der Waals surface area contributed by atoms with Crippen molar-refractivity contribution in [2.75, 3.05) is 22.9 Å². The minimum atomic E-state index is 0.0679. The molecular weight excluding hydrogens is 312 g/mol. The van der Waals surface area contributed by atoms with Gasteiger partial charge in [0.15, 0.2) is 0 Å². The second-order valence-electron chi connectivity index (χ2n) is 6.72. The summed E-state index contributed by atoms with van der Waals surface area (Å²) >= 11 is 0. The summed E-state index contributed by atoms with van der Waals surface area (Å²) in [6.45, 7) is 14.0. The van der Waals surface area contributed by atoms with Crippen molar-refractivity contribution in [2.45, 2.75) is 48.0 Å². The molecule has 0 atom stereocenters. The van der Waals surface area contributed by atoms with E-state index in [0.29, 0.717) is 12.2 Å². The van der Waals surface area contributed by atoms with Gasteiger partial charge in [0, 0.05) is 18.7 Å². The van der Waals surface area contributed by atoms with Crippen LogP contribution in [-0.4, -0.2) is 29.0 Å². The number of rotatable bonds is 4. The van der Waals surface area contributed by atoms with Crippen molar-refractivity contribution in [1.29, 1.82) is 0 Å². The molecule has 0 fully saturated rings. The van der Waals surface area contributed by atoms with Gasteiger partial charge in [-0.1, -0.05) is 17.7 Å². The SMILES string of the molecule is CCN(CC)c1nc(C)nc2c1CC(=O)N2c1c(C)cc(C)cc1C. The molecule has 132 valence electrons. The lowest BCUT2D eigenvalue weighted by Gasteiger charge is -2.24. The molecule has 0 saturated heterocycles. The van der Waals surface area contributed by atoms with Crippen LogP contribution in [-0.2, 0) is 11.2 Å². The van der Waals surface area contributed by atoms with Gasteiger partial charge in [-0.15, -0.1) is 0 Å². The van der Waals surface area contributed by atoms with Crippen LogP contribution in [0.2, 0.25) is 0 Å². The highest BCUT2D eigenvalue weighted by Gasteiger charge is 2.35. The molecule has 0 bridgehead atoms. The Bertz CT molecular complexity index is 817. The van der Waals surface area contributed by atoms with Crippen LogP contribution in [0.3, 0.4) is 0 Å². The fraction of sp³-hybridized carbons (Fsp3) is 0.450. The third-order valence-electron chi connectivity index (χ3n) is 4.79. The molecule has 0 aliphatic carbocycles. The standard InChI is InChI=1S/C20H26N4O/c1-7-23(8-2)19-16-11-17(25)24(20(16)22-15(6)21-19)18-13(4)9-12(3)10-14(18)5/h9-10H,7-8,11H2,1-6H3. The third-order valence-corrected chi connectivity index (χ3v) is 4.79. The Morgan fingerprint density at radius 3 is 2.20 bits per heavy atom. The molecule has 5 nitrogen and oxygen atoms in total. The van der Waals surface area contributed by atoms with Crippen LogP contribution < -0.4 is 9.80 Å². The molecule has 5 heteroatoms. The van der Waals surface area contributed by atoms with Gasteiger partial charge in [0.2, 0.25) is 5.91 Å². The molecule has 2 aromatic rings. The molecule has 0 N–H and O–H groups in total. The number of hydrogen-bond acceptors (Lipinski definition) is 4. The Morgan fingerprint density at radius 1 is 1.04 bits per heavy atom. The molecular formula is C20H26N4O. The van der Waals surface area contributed by atoms with E-state index in [4.69, 9.17) is 0 Å². The van der Waals surface area contributed by atoms with Gasteiger partial charge < -0.3 is 4.90 Å². The summed E-state index contributed by atoms with van der Waals surface area (Å²) in [5.74, 6) is 2.40. The van der Waals surface area contributed by atoms with Crippen LogP contribution >= 0.6 is 0 Å². The number of aromatic nitrogens is 2. The molecule has 25 heavy (non-hydrogen) atoms. The zero-order chi connectivity index (χ0) is 18.3. The van der Waals surface area contributed by atoms with Crippen LogP contribution in [0, 0.1) is 27.7 Å². The van der Waals surface area contributed by atoms with E-state index >= 15 is 0 Å². The van der Waals surface area contributed by atoms with Gasteiger partial charge in [0.25, 0.3) is 0 Å². The van der Waals surface area contributed by atoms with Crippen LogP contribution in [0.1, 0.15) is 41.9 Å². The summed E-state index contributed by atoms with van der Waals surface area (Å²) in [6.07, 6.45) is 0.355. The number of carbonyl (C=O) groups is 1. The Hall–Kier alpha value is -2.43. The van der Waals surface area contributed by atoms with E-state index in [9.17, 15) is 4.79 Å². The summed E-state index contributed by atoms with van der Waals surface area (Å²) in [6, 6.07) is 4.24. The maximum absolute atomic E-state index is 12.9. The molecule has 0 radical (unpaired) electrons.